The van der Waals surface area contributed by atoms with Crippen LogP contribution >= 0.6 is 0 Å². The van der Waals surface area contributed by atoms with E-state index < -0.39 is 17.8 Å². The molecule has 0 saturated carbocycles. The van der Waals surface area contributed by atoms with Crippen LogP contribution in [-0.4, -0.2) is 71.2 Å². The van der Waals surface area contributed by atoms with Gasteiger partial charge < -0.3 is 19.6 Å². The van der Waals surface area contributed by atoms with E-state index in [9.17, 15) is 18.7 Å². The second-order valence-electron chi connectivity index (χ2n) is 8.09. The molecule has 0 unspecified atom stereocenters. The van der Waals surface area contributed by atoms with Crippen molar-refractivity contribution in [3.05, 3.63) is 78.0 Å². The van der Waals surface area contributed by atoms with Crippen LogP contribution in [0.25, 0.3) is 0 Å². The largest absolute Gasteiger partial charge is 0.491 e. The molecule has 1 saturated heterocycles. The number of carbonyl (C=O) groups is 1. The fraction of sp³-hybridized carbons (Fsp3) is 0.333. The van der Waals surface area contributed by atoms with Crippen LogP contribution in [0.3, 0.4) is 0 Å². The molecule has 1 fully saturated rings. The number of halogens is 2. The molecule has 0 bridgehead atoms. The predicted molar refractivity (Wildman–Crippen MR) is 120 cm³/mol. The third-order valence-electron chi connectivity index (χ3n) is 5.42. The van der Waals surface area contributed by atoms with E-state index in [-0.39, 0.29) is 18.1 Å². The highest BCUT2D eigenvalue weighted by Crippen LogP contribution is 2.14. The predicted octanol–water partition coefficient (Wildman–Crippen LogP) is 2.76. The molecule has 1 amide bonds. The highest BCUT2D eigenvalue weighted by Gasteiger charge is 2.22. The molecule has 34 heavy (non-hydrogen) atoms. The number of oxazole rings is 1. The Bertz CT molecular complexity index is 1080. The molecule has 2 heterocycles. The number of amides is 1. The highest BCUT2D eigenvalue weighted by atomic mass is 19.1. The maximum absolute atomic E-state index is 13.3. The van der Waals surface area contributed by atoms with Gasteiger partial charge in [0.2, 0.25) is 5.89 Å². The minimum atomic E-state index is -0.664. The van der Waals surface area contributed by atoms with Gasteiger partial charge in [0.1, 0.15) is 36.4 Å². The number of aromatic nitrogens is 1. The van der Waals surface area contributed by atoms with Crippen molar-refractivity contribution in [2.45, 2.75) is 12.6 Å². The van der Waals surface area contributed by atoms with Crippen LogP contribution in [0.1, 0.15) is 16.4 Å². The molecule has 10 heteroatoms. The standard InChI is InChI=1S/C24H26F2N4O4/c25-17-4-6-21(7-5-17)33-15-20(31)13-29-8-10-30(11-9-29)14-23-28-22(16-34-23)24(32)27-19-3-1-2-18(26)12-19/h1-7,12,16,20,31H,8-11,13-15H2,(H,27,32)/t20-/m0/s1. The van der Waals surface area contributed by atoms with E-state index in [0.717, 1.165) is 26.2 Å². The zero-order valence-corrected chi connectivity index (χ0v) is 18.5. The molecule has 0 spiro atoms. The molecule has 0 aliphatic carbocycles. The van der Waals surface area contributed by atoms with Gasteiger partial charge in [0.05, 0.1) is 6.54 Å². The zero-order valence-electron chi connectivity index (χ0n) is 18.5. The van der Waals surface area contributed by atoms with Gasteiger partial charge in [-0.2, -0.15) is 0 Å². The molecule has 3 aromatic rings. The number of benzene rings is 2. The van der Waals surface area contributed by atoms with E-state index in [1.807, 2.05) is 0 Å². The Morgan fingerprint density at radius 1 is 1.09 bits per heavy atom. The van der Waals surface area contributed by atoms with E-state index in [4.69, 9.17) is 9.15 Å². The van der Waals surface area contributed by atoms with Crippen LogP contribution in [0.15, 0.2) is 59.2 Å². The van der Waals surface area contributed by atoms with Crippen LogP contribution < -0.4 is 10.1 Å². The number of β-amino-alcohol motifs (C(OH)–C–C–N with tert-alkyl or cyclic N) is 1. The Balaban J connectivity index is 1.18. The number of aliphatic hydroxyl groups excluding tert-OH is 1. The van der Waals surface area contributed by atoms with E-state index in [1.54, 1.807) is 6.07 Å². The van der Waals surface area contributed by atoms with Crippen LogP contribution in [0.5, 0.6) is 5.75 Å². The van der Waals surface area contributed by atoms with Crippen molar-refractivity contribution in [2.75, 3.05) is 44.6 Å². The highest BCUT2D eigenvalue weighted by molar-refractivity contribution is 6.02. The number of ether oxygens (including phenoxy) is 1. The summed E-state index contributed by atoms with van der Waals surface area (Å²) in [5.41, 5.74) is 0.470. The molecule has 1 aliphatic rings. The molecule has 1 aliphatic heterocycles. The van der Waals surface area contributed by atoms with Gasteiger partial charge >= 0.3 is 0 Å². The van der Waals surface area contributed by atoms with Crippen LogP contribution in [0.4, 0.5) is 14.5 Å². The fourth-order valence-electron chi connectivity index (χ4n) is 3.64. The summed E-state index contributed by atoms with van der Waals surface area (Å²) in [5.74, 6) is -0.308. The molecule has 0 radical (unpaired) electrons. The summed E-state index contributed by atoms with van der Waals surface area (Å²) < 4.78 is 37.2. The SMILES string of the molecule is O=C(Nc1cccc(F)c1)c1coc(CN2CCN(C[C@H](O)COc3ccc(F)cc3)CC2)n1. The van der Waals surface area contributed by atoms with E-state index in [0.29, 0.717) is 30.4 Å². The summed E-state index contributed by atoms with van der Waals surface area (Å²) in [6.07, 6.45) is 0.625. The Morgan fingerprint density at radius 2 is 1.82 bits per heavy atom. The zero-order chi connectivity index (χ0) is 23.9. The number of piperazine rings is 1. The molecule has 180 valence electrons. The molecule has 2 aromatic carbocycles. The number of carbonyl (C=O) groups excluding carboxylic acids is 1. The van der Waals surface area contributed by atoms with E-state index in [2.05, 4.69) is 20.1 Å². The van der Waals surface area contributed by atoms with Crippen molar-refractivity contribution >= 4 is 11.6 Å². The maximum atomic E-state index is 13.3. The van der Waals surface area contributed by atoms with Gasteiger partial charge in [0, 0.05) is 38.4 Å². The Kier molecular flexibility index (Phi) is 7.84. The van der Waals surface area contributed by atoms with Gasteiger partial charge in [0.25, 0.3) is 5.91 Å². The van der Waals surface area contributed by atoms with Crippen molar-refractivity contribution in [3.8, 4) is 5.75 Å². The lowest BCUT2D eigenvalue weighted by Gasteiger charge is -2.34. The lowest BCUT2D eigenvalue weighted by atomic mass is 10.2. The van der Waals surface area contributed by atoms with Gasteiger partial charge in [-0.05, 0) is 42.5 Å². The van der Waals surface area contributed by atoms with Crippen LogP contribution in [0, 0.1) is 11.6 Å². The average molecular weight is 472 g/mol. The number of nitrogens with one attached hydrogen (secondary N) is 1. The van der Waals surface area contributed by atoms with Gasteiger partial charge in [-0.25, -0.2) is 13.8 Å². The molecule has 2 N–H and O–H groups in total. The van der Waals surface area contributed by atoms with E-state index in [1.165, 1.54) is 48.7 Å². The van der Waals surface area contributed by atoms with Gasteiger partial charge in [-0.1, -0.05) is 6.07 Å². The lowest BCUT2D eigenvalue weighted by Crippen LogP contribution is -2.48. The summed E-state index contributed by atoms with van der Waals surface area (Å²) in [7, 11) is 0. The fourth-order valence-corrected chi connectivity index (χ4v) is 3.64. The van der Waals surface area contributed by atoms with Gasteiger partial charge in [-0.3, -0.25) is 14.6 Å². The summed E-state index contributed by atoms with van der Waals surface area (Å²) in [6, 6.07) is 11.3. The van der Waals surface area contributed by atoms with Crippen LogP contribution in [0.2, 0.25) is 0 Å². The number of aliphatic hydroxyl groups is 1. The normalized spacial score (nSPS) is 15.7. The number of hydrogen-bond donors (Lipinski definition) is 2. The topological polar surface area (TPSA) is 91.1 Å². The quantitative estimate of drug-likeness (QED) is 0.495. The first-order chi connectivity index (χ1) is 16.4. The summed E-state index contributed by atoms with van der Waals surface area (Å²) in [6.45, 7) is 4.05. The van der Waals surface area contributed by atoms with Gasteiger partial charge in [0.15, 0.2) is 5.69 Å². The monoisotopic (exact) mass is 472 g/mol. The molecule has 8 nitrogen and oxygen atoms in total. The maximum Gasteiger partial charge on any atom is 0.277 e. The Labute approximate surface area is 195 Å². The third kappa shape index (κ3) is 6.83. The molecular weight excluding hydrogens is 446 g/mol. The Morgan fingerprint density at radius 3 is 2.56 bits per heavy atom. The third-order valence-corrected chi connectivity index (χ3v) is 5.42. The molecule has 1 aromatic heterocycles. The first kappa shape index (κ1) is 23.8. The molecule has 4 rings (SSSR count). The molecular formula is C24H26F2N4O4. The number of hydrogen-bond acceptors (Lipinski definition) is 7. The van der Waals surface area contributed by atoms with Crippen molar-refractivity contribution in [3.63, 3.8) is 0 Å². The first-order valence-electron chi connectivity index (χ1n) is 11.0. The summed E-state index contributed by atoms with van der Waals surface area (Å²) in [5, 5.41) is 12.8. The minimum absolute atomic E-state index is 0.127. The van der Waals surface area contributed by atoms with Crippen LogP contribution in [-0.2, 0) is 6.54 Å². The lowest BCUT2D eigenvalue weighted by molar-refractivity contribution is 0.0430. The second kappa shape index (κ2) is 11.2. The van der Waals surface area contributed by atoms with Crippen molar-refractivity contribution in [1.82, 2.24) is 14.8 Å². The minimum Gasteiger partial charge on any atom is -0.491 e. The smallest absolute Gasteiger partial charge is 0.277 e. The number of rotatable bonds is 9. The van der Waals surface area contributed by atoms with Gasteiger partial charge in [-0.15, -0.1) is 0 Å². The number of anilines is 1. The Hall–Kier alpha value is -3.34. The average Bonchev–Trinajstić information content (AvgIpc) is 3.29. The summed E-state index contributed by atoms with van der Waals surface area (Å²) in [4.78, 5) is 20.8. The van der Waals surface area contributed by atoms with Crippen molar-refractivity contribution < 1.29 is 27.8 Å². The molecule has 1 atom stereocenters. The number of nitrogens with zero attached hydrogens (tertiary/aromatic N) is 3. The van der Waals surface area contributed by atoms with E-state index >= 15 is 0 Å². The van der Waals surface area contributed by atoms with Crippen molar-refractivity contribution in [2.24, 2.45) is 0 Å². The summed E-state index contributed by atoms with van der Waals surface area (Å²) >= 11 is 0. The first-order valence-corrected chi connectivity index (χ1v) is 11.0. The van der Waals surface area contributed by atoms with Crippen molar-refractivity contribution in [1.29, 1.82) is 0 Å². The second-order valence-corrected chi connectivity index (χ2v) is 8.09.